The Morgan fingerprint density at radius 3 is 2.45 bits per heavy atom. The molecule has 11 heavy (non-hydrogen) atoms. The summed E-state index contributed by atoms with van der Waals surface area (Å²) in [5, 5.41) is 1.85. The minimum atomic E-state index is -0.407. The Kier molecular flexibility index (Phi) is 4.61. The lowest BCUT2D eigenvalue weighted by atomic mass is 10.3. The van der Waals surface area contributed by atoms with Crippen LogP contribution in [0.2, 0.25) is 0 Å². The maximum absolute atomic E-state index is 10.8. The predicted octanol–water partition coefficient (Wildman–Crippen LogP) is 1.55. The van der Waals surface area contributed by atoms with Crippen LogP contribution in [0.5, 0.6) is 0 Å². The summed E-state index contributed by atoms with van der Waals surface area (Å²) in [5.41, 5.74) is 0.343. The van der Waals surface area contributed by atoms with Crippen LogP contribution in [-0.2, 0) is 4.79 Å². The molecular formula is C7H11NO2S. The van der Waals surface area contributed by atoms with Gasteiger partial charge in [0.15, 0.2) is 0 Å². The third kappa shape index (κ3) is 4.61. The molecule has 0 aromatic rings. The second-order valence-electron chi connectivity index (χ2n) is 1.95. The molecule has 0 fully saturated rings. The molecule has 0 saturated heterocycles. The minimum absolute atomic E-state index is 0.319. The van der Waals surface area contributed by atoms with Crippen molar-refractivity contribution in [3.05, 3.63) is 12.2 Å². The fourth-order valence-electron chi connectivity index (χ4n) is 0.367. The fraction of sp³-hybridized carbons (Fsp3) is 0.429. The van der Waals surface area contributed by atoms with Gasteiger partial charge in [-0.05, 0) is 12.7 Å². The molecule has 0 heterocycles. The molecule has 3 nitrogen and oxygen atoms in total. The molecule has 0 aromatic carbocycles. The maximum atomic E-state index is 10.8. The number of rotatable bonds is 2. The summed E-state index contributed by atoms with van der Waals surface area (Å²) in [6.07, 6.45) is 0. The summed E-state index contributed by atoms with van der Waals surface area (Å²) >= 11 is 1.07. The van der Waals surface area contributed by atoms with Gasteiger partial charge in [0, 0.05) is 5.57 Å². The Morgan fingerprint density at radius 1 is 1.55 bits per heavy atom. The van der Waals surface area contributed by atoms with E-state index in [4.69, 9.17) is 0 Å². The number of thioether (sulfide) groups is 1. The van der Waals surface area contributed by atoms with E-state index in [0.717, 1.165) is 11.8 Å². The van der Waals surface area contributed by atoms with Crippen LogP contribution in [0.15, 0.2) is 12.2 Å². The van der Waals surface area contributed by atoms with Crippen LogP contribution in [0.25, 0.3) is 0 Å². The molecule has 0 aliphatic rings. The summed E-state index contributed by atoms with van der Waals surface area (Å²) < 4.78 is 0. The van der Waals surface area contributed by atoms with E-state index in [1.807, 2.05) is 6.92 Å². The molecule has 0 aliphatic heterocycles. The summed E-state index contributed by atoms with van der Waals surface area (Å²) in [5.74, 6) is 0.255. The number of carbonyl (C=O) groups excluding carboxylic acids is 2. The van der Waals surface area contributed by atoms with E-state index in [0.29, 0.717) is 11.3 Å². The second kappa shape index (κ2) is 4.96. The SMILES string of the molecule is C=C(C)C(=O)NC(=O)SCC. The van der Waals surface area contributed by atoms with Crippen molar-refractivity contribution in [3.63, 3.8) is 0 Å². The third-order valence-corrected chi connectivity index (χ3v) is 1.53. The van der Waals surface area contributed by atoms with Gasteiger partial charge in [-0.15, -0.1) is 0 Å². The third-order valence-electron chi connectivity index (χ3n) is 0.879. The lowest BCUT2D eigenvalue weighted by molar-refractivity contribution is -0.116. The quantitative estimate of drug-likeness (QED) is 0.644. The molecule has 0 aromatic heterocycles. The lowest BCUT2D eigenvalue weighted by Gasteiger charge is -1.99. The highest BCUT2D eigenvalue weighted by molar-refractivity contribution is 8.13. The van der Waals surface area contributed by atoms with Crippen LogP contribution < -0.4 is 5.32 Å². The first-order valence-corrected chi connectivity index (χ1v) is 4.20. The van der Waals surface area contributed by atoms with Crippen LogP contribution in [0, 0.1) is 0 Å². The van der Waals surface area contributed by atoms with Crippen molar-refractivity contribution >= 4 is 22.9 Å². The van der Waals surface area contributed by atoms with Crippen molar-refractivity contribution in [1.82, 2.24) is 5.32 Å². The zero-order valence-electron chi connectivity index (χ0n) is 6.64. The molecular weight excluding hydrogens is 162 g/mol. The number of amides is 2. The minimum Gasteiger partial charge on any atom is -0.283 e. The van der Waals surface area contributed by atoms with Gasteiger partial charge in [0.1, 0.15) is 0 Å². The van der Waals surface area contributed by atoms with Gasteiger partial charge >= 0.3 is 0 Å². The monoisotopic (exact) mass is 173 g/mol. The molecule has 0 bridgehead atoms. The normalized spacial score (nSPS) is 8.91. The van der Waals surface area contributed by atoms with Gasteiger partial charge in [-0.2, -0.15) is 0 Å². The van der Waals surface area contributed by atoms with Crippen LogP contribution in [-0.4, -0.2) is 16.9 Å². The average molecular weight is 173 g/mol. The second-order valence-corrected chi connectivity index (χ2v) is 3.19. The van der Waals surface area contributed by atoms with E-state index in [2.05, 4.69) is 11.9 Å². The number of hydrogen-bond donors (Lipinski definition) is 1. The molecule has 0 radical (unpaired) electrons. The first kappa shape index (κ1) is 10.2. The topological polar surface area (TPSA) is 46.2 Å². The van der Waals surface area contributed by atoms with E-state index >= 15 is 0 Å². The van der Waals surface area contributed by atoms with E-state index in [9.17, 15) is 9.59 Å². The predicted molar refractivity (Wildman–Crippen MR) is 46.5 cm³/mol. The maximum Gasteiger partial charge on any atom is 0.285 e. The molecule has 0 spiro atoms. The zero-order chi connectivity index (χ0) is 8.85. The number of imide groups is 1. The molecule has 0 atom stereocenters. The van der Waals surface area contributed by atoms with Gasteiger partial charge in [0.2, 0.25) is 0 Å². The largest absolute Gasteiger partial charge is 0.285 e. The Labute approximate surface area is 70.2 Å². The van der Waals surface area contributed by atoms with Crippen molar-refractivity contribution in [2.45, 2.75) is 13.8 Å². The highest BCUT2D eigenvalue weighted by Gasteiger charge is 2.06. The van der Waals surface area contributed by atoms with Crippen LogP contribution >= 0.6 is 11.8 Å². The summed E-state index contributed by atoms with van der Waals surface area (Å²) in [4.78, 5) is 21.5. The van der Waals surface area contributed by atoms with Gasteiger partial charge in [-0.25, -0.2) is 0 Å². The smallest absolute Gasteiger partial charge is 0.283 e. The highest BCUT2D eigenvalue weighted by atomic mass is 32.2. The average Bonchev–Trinajstić information content (AvgIpc) is 1.87. The molecule has 1 N–H and O–H groups in total. The summed E-state index contributed by atoms with van der Waals surface area (Å²) in [6.45, 7) is 6.79. The standard InChI is InChI=1S/C7H11NO2S/c1-4-11-7(10)8-6(9)5(2)3/h2,4H2,1,3H3,(H,8,9,10). The van der Waals surface area contributed by atoms with E-state index in [1.54, 1.807) is 6.92 Å². The summed E-state index contributed by atoms with van der Waals surface area (Å²) in [6, 6.07) is 0. The molecule has 0 unspecified atom stereocenters. The summed E-state index contributed by atoms with van der Waals surface area (Å²) in [7, 11) is 0. The van der Waals surface area contributed by atoms with E-state index < -0.39 is 5.91 Å². The Morgan fingerprint density at radius 2 is 2.09 bits per heavy atom. The van der Waals surface area contributed by atoms with Gasteiger partial charge < -0.3 is 0 Å². The Bertz CT molecular complexity index is 189. The van der Waals surface area contributed by atoms with Crippen molar-refractivity contribution < 1.29 is 9.59 Å². The Balaban J connectivity index is 3.76. The van der Waals surface area contributed by atoms with Gasteiger partial charge in [-0.3, -0.25) is 14.9 Å². The van der Waals surface area contributed by atoms with Crippen LogP contribution in [0.4, 0.5) is 4.79 Å². The van der Waals surface area contributed by atoms with Crippen LogP contribution in [0.3, 0.4) is 0 Å². The van der Waals surface area contributed by atoms with Crippen LogP contribution in [0.1, 0.15) is 13.8 Å². The lowest BCUT2D eigenvalue weighted by Crippen LogP contribution is -2.27. The molecule has 4 heteroatoms. The molecule has 62 valence electrons. The van der Waals surface area contributed by atoms with Crippen molar-refractivity contribution in [2.75, 3.05) is 5.75 Å². The van der Waals surface area contributed by atoms with E-state index in [-0.39, 0.29) is 5.24 Å². The number of carbonyl (C=O) groups is 2. The van der Waals surface area contributed by atoms with Crippen molar-refractivity contribution in [2.24, 2.45) is 0 Å². The highest BCUT2D eigenvalue weighted by Crippen LogP contribution is 1.99. The van der Waals surface area contributed by atoms with Gasteiger partial charge in [0.05, 0.1) is 0 Å². The van der Waals surface area contributed by atoms with Gasteiger partial charge in [0.25, 0.3) is 11.1 Å². The number of nitrogens with one attached hydrogen (secondary N) is 1. The first-order chi connectivity index (χ1) is 5.07. The molecule has 2 amide bonds. The Hall–Kier alpha value is -0.770. The van der Waals surface area contributed by atoms with Crippen molar-refractivity contribution in [1.29, 1.82) is 0 Å². The fourth-order valence-corrected chi connectivity index (χ4v) is 0.794. The molecule has 0 aliphatic carbocycles. The zero-order valence-corrected chi connectivity index (χ0v) is 7.46. The van der Waals surface area contributed by atoms with Crippen molar-refractivity contribution in [3.8, 4) is 0 Å². The van der Waals surface area contributed by atoms with E-state index in [1.165, 1.54) is 0 Å². The number of hydrogen-bond acceptors (Lipinski definition) is 3. The van der Waals surface area contributed by atoms with Gasteiger partial charge in [-0.1, -0.05) is 25.3 Å². The first-order valence-electron chi connectivity index (χ1n) is 3.21. The molecule has 0 rings (SSSR count). The molecule has 0 saturated carbocycles.